The number of hydrogen-bond acceptors (Lipinski definition) is 4. The summed E-state index contributed by atoms with van der Waals surface area (Å²) < 4.78 is 29.5. The molecule has 70 valence electrons. The molecule has 0 amide bonds. The molecular weight excluding hydrogens is 224 g/mol. The second-order valence-corrected chi connectivity index (χ2v) is 3.49. The van der Waals surface area contributed by atoms with Crippen LogP contribution in [-0.4, -0.2) is 60.9 Å². The average Bonchev–Trinajstić information content (AvgIpc) is 1.92. The third-order valence-electron chi connectivity index (χ3n) is 1.26. The zero-order valence-corrected chi connectivity index (χ0v) is 9.53. The first-order chi connectivity index (χ1) is 5.43. The van der Waals surface area contributed by atoms with Crippen LogP contribution in [0.2, 0.25) is 0 Å². The van der Waals surface area contributed by atoms with Gasteiger partial charge >= 0.3 is 37.7 Å². The van der Waals surface area contributed by atoms with E-state index in [1.807, 2.05) is 0 Å². The van der Waals surface area contributed by atoms with Crippen LogP contribution in [0.1, 0.15) is 2.85 Å². The van der Waals surface area contributed by atoms with Crippen molar-refractivity contribution in [3.63, 3.8) is 0 Å². The quantitative estimate of drug-likeness (QED) is 0.365. The third kappa shape index (κ3) is 2.99. The molecule has 0 aliphatic carbocycles. The number of hydrogen-bond donors (Lipinski definition) is 3. The monoisotopic (exact) mass is 232 g/mol. The van der Waals surface area contributed by atoms with Gasteiger partial charge in [-0.25, -0.2) is 0 Å². The van der Waals surface area contributed by atoms with Gasteiger partial charge in [0, 0.05) is 0 Å². The van der Waals surface area contributed by atoms with Crippen molar-refractivity contribution in [2.75, 3.05) is 0 Å². The number of phenolic OH excluding ortho intramolecular Hbond substituents is 2. The second-order valence-electron chi connectivity index (χ2n) is 2.10. The summed E-state index contributed by atoms with van der Waals surface area (Å²) in [6.07, 6.45) is 0. The maximum atomic E-state index is 10.5. The van der Waals surface area contributed by atoms with Gasteiger partial charge in [0.2, 0.25) is 0 Å². The molecule has 5 nitrogen and oxygen atoms in total. The molecule has 7 heteroatoms. The molecule has 1 aromatic carbocycles. The molecule has 0 radical (unpaired) electrons. The van der Waals surface area contributed by atoms with E-state index in [4.69, 9.17) is 14.8 Å². The van der Waals surface area contributed by atoms with Crippen LogP contribution >= 0.6 is 0 Å². The van der Waals surface area contributed by atoms with Crippen molar-refractivity contribution in [1.82, 2.24) is 0 Å². The maximum Gasteiger partial charge on any atom is 2.00 e. The van der Waals surface area contributed by atoms with Crippen molar-refractivity contribution in [1.29, 1.82) is 0 Å². The molecule has 1 aromatic rings. The van der Waals surface area contributed by atoms with E-state index >= 15 is 0 Å². The molecule has 13 heavy (non-hydrogen) atoms. The largest absolute Gasteiger partial charge is 2.00 e. The first kappa shape index (κ1) is 13.0. The van der Waals surface area contributed by atoms with Gasteiger partial charge in [-0.15, -0.1) is 0 Å². The summed E-state index contributed by atoms with van der Waals surface area (Å²) in [6, 6.07) is 3.27. The number of para-hydroxylation sites is 1. The van der Waals surface area contributed by atoms with Crippen molar-refractivity contribution in [2.45, 2.75) is 4.90 Å². The SMILES string of the molecule is O=S(=O)(O)c1cccc(O)c1O.[Ca+2].[H-].[H-]. The molecule has 0 saturated heterocycles. The van der Waals surface area contributed by atoms with Gasteiger partial charge in [0.25, 0.3) is 10.1 Å². The Bertz CT molecular complexity index is 408. The van der Waals surface area contributed by atoms with Gasteiger partial charge < -0.3 is 13.1 Å². The molecule has 0 saturated carbocycles. The normalized spacial score (nSPS) is 10.5. The number of rotatable bonds is 1. The van der Waals surface area contributed by atoms with Crippen molar-refractivity contribution in [2.24, 2.45) is 0 Å². The van der Waals surface area contributed by atoms with Crippen LogP contribution in [-0.2, 0) is 10.1 Å². The van der Waals surface area contributed by atoms with E-state index in [-0.39, 0.29) is 40.6 Å². The summed E-state index contributed by atoms with van der Waals surface area (Å²) in [7, 11) is -4.47. The van der Waals surface area contributed by atoms with Crippen molar-refractivity contribution < 1.29 is 26.0 Å². The molecule has 0 heterocycles. The first-order valence-electron chi connectivity index (χ1n) is 2.91. The number of aromatic hydroxyl groups is 2. The molecular formula is C6H8CaO5S. The van der Waals surface area contributed by atoms with E-state index in [9.17, 15) is 8.42 Å². The van der Waals surface area contributed by atoms with Gasteiger partial charge in [-0.1, -0.05) is 6.07 Å². The molecule has 0 aliphatic heterocycles. The minimum absolute atomic E-state index is 0. The van der Waals surface area contributed by atoms with E-state index in [0.29, 0.717) is 0 Å². The fourth-order valence-corrected chi connectivity index (χ4v) is 1.32. The number of benzene rings is 1. The summed E-state index contributed by atoms with van der Waals surface area (Å²) in [4.78, 5) is -0.706. The Balaban J connectivity index is -0.000000480. The predicted octanol–water partition coefficient (Wildman–Crippen LogP) is 0.189. The Labute approximate surface area is 108 Å². The predicted molar refractivity (Wildman–Crippen MR) is 47.6 cm³/mol. The van der Waals surface area contributed by atoms with Gasteiger partial charge in [-0.05, 0) is 12.1 Å². The van der Waals surface area contributed by atoms with Gasteiger partial charge in [0.15, 0.2) is 11.5 Å². The molecule has 0 fully saturated rings. The first-order valence-corrected chi connectivity index (χ1v) is 4.35. The Morgan fingerprint density at radius 3 is 2.15 bits per heavy atom. The number of phenols is 2. The zero-order chi connectivity index (χ0) is 9.35. The van der Waals surface area contributed by atoms with Gasteiger partial charge in [0.1, 0.15) is 4.90 Å². The molecule has 0 unspecified atom stereocenters. The molecule has 0 aromatic heterocycles. The fraction of sp³-hybridized carbons (Fsp3) is 0. The summed E-state index contributed by atoms with van der Waals surface area (Å²) >= 11 is 0. The molecule has 0 spiro atoms. The van der Waals surface area contributed by atoms with Crippen LogP contribution in [0.15, 0.2) is 23.1 Å². The van der Waals surface area contributed by atoms with Crippen LogP contribution in [0.25, 0.3) is 0 Å². The van der Waals surface area contributed by atoms with Crippen molar-refractivity contribution in [3.8, 4) is 11.5 Å². The topological polar surface area (TPSA) is 94.8 Å². The van der Waals surface area contributed by atoms with Crippen LogP contribution in [0.4, 0.5) is 0 Å². The standard InChI is InChI=1S/C6H6O5S.Ca.2H/c7-4-2-1-3-5(6(4)8)12(9,10)11;;;/h1-3,7-8H,(H,9,10,11);;;/q;+2;2*-1. The minimum Gasteiger partial charge on any atom is -1.00 e. The molecule has 0 bridgehead atoms. The van der Waals surface area contributed by atoms with Gasteiger partial charge in [-0.2, -0.15) is 8.42 Å². The van der Waals surface area contributed by atoms with E-state index in [2.05, 4.69) is 0 Å². The van der Waals surface area contributed by atoms with Gasteiger partial charge in [0.05, 0.1) is 0 Å². The summed E-state index contributed by atoms with van der Waals surface area (Å²) in [6.45, 7) is 0. The Kier molecular flexibility index (Phi) is 4.47. The Morgan fingerprint density at radius 2 is 1.77 bits per heavy atom. The minimum atomic E-state index is -4.47. The summed E-state index contributed by atoms with van der Waals surface area (Å²) in [5, 5.41) is 17.8. The molecule has 0 aliphatic rings. The average molecular weight is 232 g/mol. The van der Waals surface area contributed by atoms with E-state index < -0.39 is 26.5 Å². The summed E-state index contributed by atoms with van der Waals surface area (Å²) in [5.41, 5.74) is 0. The maximum absolute atomic E-state index is 10.5. The Hall–Kier alpha value is -0.0103. The van der Waals surface area contributed by atoms with E-state index in [1.54, 1.807) is 0 Å². The third-order valence-corrected chi connectivity index (χ3v) is 2.14. The van der Waals surface area contributed by atoms with E-state index in [0.717, 1.165) is 12.1 Å². The van der Waals surface area contributed by atoms with E-state index in [1.165, 1.54) is 6.07 Å². The van der Waals surface area contributed by atoms with Crippen LogP contribution in [0.5, 0.6) is 11.5 Å². The van der Waals surface area contributed by atoms with Crippen LogP contribution in [0, 0.1) is 0 Å². The van der Waals surface area contributed by atoms with Crippen LogP contribution < -0.4 is 0 Å². The molecule has 3 N–H and O–H groups in total. The second kappa shape index (κ2) is 4.47. The van der Waals surface area contributed by atoms with Gasteiger partial charge in [-0.3, -0.25) is 4.55 Å². The fourth-order valence-electron chi connectivity index (χ4n) is 0.719. The van der Waals surface area contributed by atoms with Crippen LogP contribution in [0.3, 0.4) is 0 Å². The zero-order valence-electron chi connectivity index (χ0n) is 8.51. The molecule has 0 atom stereocenters. The molecule has 1 rings (SSSR count). The van der Waals surface area contributed by atoms with Crippen molar-refractivity contribution in [3.05, 3.63) is 18.2 Å². The van der Waals surface area contributed by atoms with Crippen molar-refractivity contribution >= 4 is 47.9 Å². The summed E-state index contributed by atoms with van der Waals surface area (Å²) in [5.74, 6) is -1.44. The Morgan fingerprint density at radius 1 is 1.23 bits per heavy atom. The smallest absolute Gasteiger partial charge is 1.00 e.